The number of thiazole rings is 1. The molecule has 0 aliphatic carbocycles. The Bertz CT molecular complexity index is 1120. The van der Waals surface area contributed by atoms with Gasteiger partial charge in [0, 0.05) is 28.7 Å². The van der Waals surface area contributed by atoms with E-state index in [2.05, 4.69) is 15.4 Å². The van der Waals surface area contributed by atoms with Gasteiger partial charge in [0.1, 0.15) is 5.01 Å². The van der Waals surface area contributed by atoms with E-state index in [4.69, 9.17) is 0 Å². The number of carbonyl (C=O) groups is 1. The lowest BCUT2D eigenvalue weighted by molar-refractivity contribution is -0.137. The molecule has 0 saturated carbocycles. The number of thiophene rings is 1. The van der Waals surface area contributed by atoms with E-state index in [0.717, 1.165) is 22.7 Å². The molecule has 1 amide bonds. The third-order valence-corrected chi connectivity index (χ3v) is 5.63. The van der Waals surface area contributed by atoms with Gasteiger partial charge in [0.15, 0.2) is 0 Å². The molecule has 0 saturated heterocycles. The van der Waals surface area contributed by atoms with Gasteiger partial charge in [-0.05, 0) is 35.7 Å². The number of hydrogen-bond acceptors (Lipinski definition) is 5. The number of anilines is 1. The third kappa shape index (κ3) is 4.38. The molecule has 148 valence electrons. The Morgan fingerprint density at radius 3 is 2.76 bits per heavy atom. The highest BCUT2D eigenvalue weighted by atomic mass is 32.1. The molecule has 4 rings (SSSR count). The van der Waals surface area contributed by atoms with Gasteiger partial charge in [-0.25, -0.2) is 9.67 Å². The van der Waals surface area contributed by atoms with Crippen LogP contribution in [0.4, 0.5) is 18.9 Å². The van der Waals surface area contributed by atoms with E-state index in [9.17, 15) is 18.0 Å². The molecule has 10 heteroatoms. The number of benzene rings is 1. The highest BCUT2D eigenvalue weighted by Crippen LogP contribution is 2.33. The Labute approximate surface area is 171 Å². The number of halogens is 3. The van der Waals surface area contributed by atoms with Crippen molar-refractivity contribution in [2.24, 2.45) is 0 Å². The third-order valence-electron chi connectivity index (χ3n) is 4.01. The van der Waals surface area contributed by atoms with Gasteiger partial charge in [0.25, 0.3) is 0 Å². The topological polar surface area (TPSA) is 59.8 Å². The quantitative estimate of drug-likeness (QED) is 0.466. The van der Waals surface area contributed by atoms with E-state index < -0.39 is 17.6 Å². The van der Waals surface area contributed by atoms with E-state index in [1.54, 1.807) is 29.0 Å². The van der Waals surface area contributed by atoms with Crippen molar-refractivity contribution in [3.63, 3.8) is 0 Å². The Hall–Kier alpha value is -2.98. The maximum Gasteiger partial charge on any atom is 0.416 e. The fourth-order valence-corrected chi connectivity index (χ4v) is 4.22. The average molecular weight is 434 g/mol. The summed E-state index contributed by atoms with van der Waals surface area (Å²) in [4.78, 5) is 16.9. The van der Waals surface area contributed by atoms with Crippen molar-refractivity contribution in [2.75, 3.05) is 5.32 Å². The summed E-state index contributed by atoms with van der Waals surface area (Å²) in [6, 6.07) is 6.73. The molecule has 0 unspecified atom stereocenters. The van der Waals surface area contributed by atoms with Gasteiger partial charge in [0.2, 0.25) is 5.91 Å². The fraction of sp³-hybridized carbons (Fsp3) is 0.105. The van der Waals surface area contributed by atoms with Crippen LogP contribution in [0.5, 0.6) is 0 Å². The zero-order chi connectivity index (χ0) is 20.4. The molecule has 0 spiro atoms. The van der Waals surface area contributed by atoms with Gasteiger partial charge in [-0.3, -0.25) is 4.79 Å². The second-order valence-electron chi connectivity index (χ2n) is 6.06. The van der Waals surface area contributed by atoms with Crippen molar-refractivity contribution in [2.45, 2.75) is 12.6 Å². The van der Waals surface area contributed by atoms with E-state index in [-0.39, 0.29) is 12.1 Å². The number of hydrogen-bond donors (Lipinski definition) is 1. The van der Waals surface area contributed by atoms with Crippen LogP contribution in [0, 0.1) is 0 Å². The zero-order valence-electron chi connectivity index (χ0n) is 14.7. The number of alkyl halides is 3. The maximum atomic E-state index is 13.1. The van der Waals surface area contributed by atoms with Crippen molar-refractivity contribution in [3.05, 3.63) is 70.1 Å². The normalized spacial score (nSPS) is 11.6. The van der Waals surface area contributed by atoms with Gasteiger partial charge in [-0.1, -0.05) is 0 Å². The predicted octanol–water partition coefficient (Wildman–Crippen LogP) is 5.26. The first-order valence-electron chi connectivity index (χ1n) is 8.38. The fourth-order valence-electron chi connectivity index (χ4n) is 2.69. The predicted molar refractivity (Wildman–Crippen MR) is 106 cm³/mol. The second kappa shape index (κ2) is 7.80. The smallest absolute Gasteiger partial charge is 0.324 e. The highest BCUT2D eigenvalue weighted by molar-refractivity contribution is 7.14. The minimum atomic E-state index is -4.52. The SMILES string of the molecule is O=C(Cc1csc(-c2ccsc2)n1)Nc1cc(C(F)(F)F)ccc1-n1cccn1. The molecule has 3 heterocycles. The van der Waals surface area contributed by atoms with E-state index in [0.29, 0.717) is 11.4 Å². The van der Waals surface area contributed by atoms with Crippen molar-refractivity contribution < 1.29 is 18.0 Å². The molecule has 29 heavy (non-hydrogen) atoms. The molecular formula is C19H13F3N4OS2. The Kier molecular flexibility index (Phi) is 5.20. The van der Waals surface area contributed by atoms with E-state index in [1.807, 2.05) is 16.8 Å². The summed E-state index contributed by atoms with van der Waals surface area (Å²) >= 11 is 2.97. The molecule has 1 aromatic carbocycles. The summed E-state index contributed by atoms with van der Waals surface area (Å²) < 4.78 is 40.8. The number of aromatic nitrogens is 3. The largest absolute Gasteiger partial charge is 0.416 e. The lowest BCUT2D eigenvalue weighted by Gasteiger charge is -2.14. The average Bonchev–Trinajstić information content (AvgIpc) is 3.43. The number of carbonyl (C=O) groups excluding carboxylic acids is 1. The number of nitrogens with one attached hydrogen (secondary N) is 1. The molecule has 0 radical (unpaired) electrons. The minimum absolute atomic E-state index is 0.0295. The number of nitrogens with zero attached hydrogens (tertiary/aromatic N) is 3. The molecule has 0 aliphatic heterocycles. The summed E-state index contributed by atoms with van der Waals surface area (Å²) in [6.07, 6.45) is -1.47. The van der Waals surface area contributed by atoms with E-state index in [1.165, 1.54) is 28.3 Å². The van der Waals surface area contributed by atoms with Crippen LogP contribution in [-0.2, 0) is 17.4 Å². The Morgan fingerprint density at radius 1 is 1.21 bits per heavy atom. The summed E-state index contributed by atoms with van der Waals surface area (Å²) in [6.45, 7) is 0. The number of rotatable bonds is 5. The molecule has 0 aliphatic rings. The summed E-state index contributed by atoms with van der Waals surface area (Å²) in [7, 11) is 0. The van der Waals surface area contributed by atoms with E-state index >= 15 is 0 Å². The number of amides is 1. The zero-order valence-corrected chi connectivity index (χ0v) is 16.3. The van der Waals surface area contributed by atoms with Crippen LogP contribution >= 0.6 is 22.7 Å². The first-order valence-corrected chi connectivity index (χ1v) is 10.2. The maximum absolute atomic E-state index is 13.1. The molecule has 5 nitrogen and oxygen atoms in total. The first kappa shape index (κ1) is 19.3. The molecule has 3 aromatic heterocycles. The van der Waals surface area contributed by atoms with Gasteiger partial charge in [0.05, 0.1) is 29.1 Å². The standard InChI is InChI=1S/C19H13F3N4OS2/c20-19(21,22)13-2-3-16(26-6-1-5-23-26)15(8-13)25-17(27)9-14-11-29-18(24-14)12-4-7-28-10-12/h1-8,10-11H,9H2,(H,25,27). The van der Waals surface area contributed by atoms with Crippen LogP contribution in [0.1, 0.15) is 11.3 Å². The first-order chi connectivity index (χ1) is 13.9. The lowest BCUT2D eigenvalue weighted by atomic mass is 10.1. The van der Waals surface area contributed by atoms with Gasteiger partial charge >= 0.3 is 6.18 Å². The summed E-state index contributed by atoms with van der Waals surface area (Å²) in [5.74, 6) is -0.458. The molecule has 0 bridgehead atoms. The van der Waals surface area contributed by atoms with Crippen molar-refractivity contribution >= 4 is 34.3 Å². The van der Waals surface area contributed by atoms with Gasteiger partial charge in [-0.2, -0.15) is 29.6 Å². The molecule has 0 atom stereocenters. The summed E-state index contributed by atoms with van der Waals surface area (Å²) in [5.41, 5.74) is 1.05. The Balaban J connectivity index is 1.57. The highest BCUT2D eigenvalue weighted by Gasteiger charge is 2.31. The van der Waals surface area contributed by atoms with Crippen molar-refractivity contribution in [1.82, 2.24) is 14.8 Å². The van der Waals surface area contributed by atoms with Crippen LogP contribution in [0.25, 0.3) is 16.3 Å². The molecule has 0 fully saturated rings. The Morgan fingerprint density at radius 2 is 2.07 bits per heavy atom. The molecule has 1 N–H and O–H groups in total. The molecule has 4 aromatic rings. The van der Waals surface area contributed by atoms with Crippen molar-refractivity contribution in [1.29, 1.82) is 0 Å². The van der Waals surface area contributed by atoms with Gasteiger partial charge in [-0.15, -0.1) is 11.3 Å². The van der Waals surface area contributed by atoms with Crippen LogP contribution in [-0.4, -0.2) is 20.7 Å². The second-order valence-corrected chi connectivity index (χ2v) is 7.70. The van der Waals surface area contributed by atoms with Crippen LogP contribution in [0.3, 0.4) is 0 Å². The van der Waals surface area contributed by atoms with Crippen LogP contribution in [0.2, 0.25) is 0 Å². The summed E-state index contributed by atoms with van der Waals surface area (Å²) in [5, 5.41) is 13.1. The van der Waals surface area contributed by atoms with Crippen molar-refractivity contribution in [3.8, 4) is 16.3 Å². The minimum Gasteiger partial charge on any atom is -0.324 e. The molecular weight excluding hydrogens is 421 g/mol. The van der Waals surface area contributed by atoms with Crippen LogP contribution < -0.4 is 5.32 Å². The van der Waals surface area contributed by atoms with Crippen LogP contribution in [0.15, 0.2) is 58.9 Å². The lowest BCUT2D eigenvalue weighted by Crippen LogP contribution is -2.17. The monoisotopic (exact) mass is 434 g/mol. The van der Waals surface area contributed by atoms with Gasteiger partial charge < -0.3 is 5.32 Å².